The van der Waals surface area contributed by atoms with Gasteiger partial charge in [-0.3, -0.25) is 4.79 Å². The van der Waals surface area contributed by atoms with Crippen LogP contribution in [-0.4, -0.2) is 41.1 Å². The Morgan fingerprint density at radius 3 is 2.58 bits per heavy atom. The van der Waals surface area contributed by atoms with Crippen molar-refractivity contribution in [2.24, 2.45) is 5.92 Å². The Morgan fingerprint density at radius 1 is 1.47 bits per heavy atom. The highest BCUT2D eigenvalue weighted by Crippen LogP contribution is 2.20. The van der Waals surface area contributed by atoms with E-state index in [-0.39, 0.29) is 24.4 Å². The third kappa shape index (κ3) is 5.21. The van der Waals surface area contributed by atoms with Crippen molar-refractivity contribution >= 4 is 12.0 Å². The van der Waals surface area contributed by atoms with E-state index < -0.39 is 5.97 Å². The molecule has 0 aromatic heterocycles. The number of carboxylic acids is 1. The molecule has 1 unspecified atom stereocenters. The van der Waals surface area contributed by atoms with Crippen LogP contribution in [0, 0.1) is 18.3 Å². The van der Waals surface area contributed by atoms with E-state index in [0.717, 1.165) is 25.7 Å². The average Bonchev–Trinajstić information content (AvgIpc) is 2.38. The summed E-state index contributed by atoms with van der Waals surface area (Å²) in [4.78, 5) is 24.3. The highest BCUT2D eigenvalue weighted by molar-refractivity contribution is 5.75. The highest BCUT2D eigenvalue weighted by atomic mass is 16.4. The van der Waals surface area contributed by atoms with Gasteiger partial charge in [-0.05, 0) is 25.2 Å². The quantitative estimate of drug-likeness (QED) is 0.744. The Balaban J connectivity index is 2.36. The molecule has 0 aromatic rings. The smallest absolute Gasteiger partial charge is 0.318 e. The number of urea groups is 1. The van der Waals surface area contributed by atoms with Crippen molar-refractivity contribution in [3.8, 4) is 12.3 Å². The molecule has 0 bridgehead atoms. The summed E-state index contributed by atoms with van der Waals surface area (Å²) in [5.41, 5.74) is 0. The molecule has 1 saturated heterocycles. The summed E-state index contributed by atoms with van der Waals surface area (Å²) in [6.07, 6.45) is 8.75. The van der Waals surface area contributed by atoms with E-state index in [9.17, 15) is 9.59 Å². The Hall–Kier alpha value is -1.70. The molecule has 0 saturated carbocycles. The zero-order valence-electron chi connectivity index (χ0n) is 11.4. The van der Waals surface area contributed by atoms with E-state index in [1.54, 1.807) is 4.90 Å². The van der Waals surface area contributed by atoms with Crippen molar-refractivity contribution in [3.63, 3.8) is 0 Å². The van der Waals surface area contributed by atoms with Gasteiger partial charge in [0, 0.05) is 19.5 Å². The topological polar surface area (TPSA) is 69.6 Å². The number of amides is 2. The first-order valence-electron chi connectivity index (χ1n) is 6.80. The summed E-state index contributed by atoms with van der Waals surface area (Å²) >= 11 is 0. The maximum Gasteiger partial charge on any atom is 0.318 e. The second-order valence-corrected chi connectivity index (χ2v) is 4.99. The summed E-state index contributed by atoms with van der Waals surface area (Å²) < 4.78 is 0. The van der Waals surface area contributed by atoms with Gasteiger partial charge >= 0.3 is 12.0 Å². The summed E-state index contributed by atoms with van der Waals surface area (Å²) in [6.45, 7) is 3.23. The molecule has 1 atom stereocenters. The maximum atomic E-state index is 12.0. The van der Waals surface area contributed by atoms with Gasteiger partial charge in [-0.2, -0.15) is 0 Å². The van der Waals surface area contributed by atoms with E-state index in [4.69, 9.17) is 11.5 Å². The van der Waals surface area contributed by atoms with E-state index in [2.05, 4.69) is 11.2 Å². The zero-order chi connectivity index (χ0) is 14.3. The molecule has 1 heterocycles. The van der Waals surface area contributed by atoms with E-state index in [0.29, 0.717) is 13.1 Å². The second-order valence-electron chi connectivity index (χ2n) is 4.99. The van der Waals surface area contributed by atoms with Crippen LogP contribution in [0.1, 0.15) is 39.0 Å². The number of terminal acetylenes is 1. The van der Waals surface area contributed by atoms with Gasteiger partial charge in [-0.25, -0.2) is 4.79 Å². The number of carbonyl (C=O) groups excluding carboxylic acids is 1. The van der Waals surface area contributed by atoms with Gasteiger partial charge in [0.25, 0.3) is 0 Å². The molecule has 0 aromatic carbocycles. The third-order valence-electron chi connectivity index (χ3n) is 3.44. The number of hydrogen-bond acceptors (Lipinski definition) is 2. The van der Waals surface area contributed by atoms with E-state index >= 15 is 0 Å². The Kier molecular flexibility index (Phi) is 6.20. The van der Waals surface area contributed by atoms with Crippen LogP contribution in [0.4, 0.5) is 4.79 Å². The summed E-state index contributed by atoms with van der Waals surface area (Å²) in [5, 5.41) is 11.6. The number of rotatable bonds is 5. The lowest BCUT2D eigenvalue weighted by Crippen LogP contribution is -2.47. The number of nitrogens with one attached hydrogen (secondary N) is 1. The van der Waals surface area contributed by atoms with Crippen molar-refractivity contribution in [3.05, 3.63) is 0 Å². The first-order valence-corrected chi connectivity index (χ1v) is 6.80. The van der Waals surface area contributed by atoms with Crippen LogP contribution in [0.3, 0.4) is 0 Å². The molecule has 1 aliphatic rings. The maximum absolute atomic E-state index is 12.0. The van der Waals surface area contributed by atoms with Gasteiger partial charge in [0.2, 0.25) is 0 Å². The summed E-state index contributed by atoms with van der Waals surface area (Å²) in [7, 11) is 0. The molecule has 2 N–H and O–H groups in total. The average molecular weight is 266 g/mol. The third-order valence-corrected chi connectivity index (χ3v) is 3.44. The van der Waals surface area contributed by atoms with Crippen LogP contribution in [0.5, 0.6) is 0 Å². The van der Waals surface area contributed by atoms with Crippen molar-refractivity contribution < 1.29 is 14.7 Å². The second kappa shape index (κ2) is 7.67. The minimum atomic E-state index is -0.766. The van der Waals surface area contributed by atoms with Gasteiger partial charge in [-0.15, -0.1) is 6.42 Å². The minimum absolute atomic E-state index is 0.134. The van der Waals surface area contributed by atoms with Crippen molar-refractivity contribution in [2.45, 2.75) is 45.1 Å². The molecule has 0 radical (unpaired) electrons. The van der Waals surface area contributed by atoms with Crippen LogP contribution in [0.2, 0.25) is 0 Å². The predicted molar refractivity (Wildman–Crippen MR) is 72.6 cm³/mol. The lowest BCUT2D eigenvalue weighted by atomic mass is 9.94. The molecule has 0 spiro atoms. The first-order chi connectivity index (χ1) is 9.06. The number of carbonyl (C=O) groups is 2. The lowest BCUT2D eigenvalue weighted by Gasteiger charge is -2.32. The molecule has 1 aliphatic heterocycles. The number of aliphatic carboxylic acids is 1. The van der Waals surface area contributed by atoms with Gasteiger partial charge in [-0.1, -0.05) is 19.3 Å². The molecular weight excluding hydrogens is 244 g/mol. The number of likely N-dealkylation sites (tertiary alicyclic amines) is 1. The highest BCUT2D eigenvalue weighted by Gasteiger charge is 2.24. The molecular formula is C14H22N2O3. The molecule has 5 nitrogen and oxygen atoms in total. The van der Waals surface area contributed by atoms with Crippen molar-refractivity contribution in [2.75, 3.05) is 13.1 Å². The SMILES string of the molecule is C#CC(CCC)NC(=O)N1CCC(CC(=O)O)CC1. The monoisotopic (exact) mass is 266 g/mol. The van der Waals surface area contributed by atoms with Crippen molar-refractivity contribution in [1.29, 1.82) is 0 Å². The first kappa shape index (κ1) is 15.4. The van der Waals surface area contributed by atoms with Gasteiger partial charge in [0.15, 0.2) is 0 Å². The van der Waals surface area contributed by atoms with Gasteiger partial charge in [0.05, 0.1) is 6.04 Å². The minimum Gasteiger partial charge on any atom is -0.481 e. The van der Waals surface area contributed by atoms with Crippen LogP contribution in [0.15, 0.2) is 0 Å². The normalized spacial score (nSPS) is 17.6. The lowest BCUT2D eigenvalue weighted by molar-refractivity contribution is -0.138. The Labute approximate surface area is 114 Å². The molecule has 19 heavy (non-hydrogen) atoms. The Morgan fingerprint density at radius 2 is 2.11 bits per heavy atom. The zero-order valence-corrected chi connectivity index (χ0v) is 11.4. The van der Waals surface area contributed by atoms with Crippen LogP contribution in [-0.2, 0) is 4.79 Å². The summed E-state index contributed by atoms with van der Waals surface area (Å²) in [5.74, 6) is 1.99. The standard InChI is InChI=1S/C14H22N2O3/c1-3-5-12(4-2)15-14(19)16-8-6-11(7-9-16)10-13(17)18/h2,11-12H,3,5-10H2,1H3,(H,15,19)(H,17,18). The number of nitrogens with zero attached hydrogens (tertiary/aromatic N) is 1. The fourth-order valence-corrected chi connectivity index (χ4v) is 2.31. The molecule has 2 amide bonds. The van der Waals surface area contributed by atoms with E-state index in [1.807, 2.05) is 6.92 Å². The fraction of sp³-hybridized carbons (Fsp3) is 0.714. The van der Waals surface area contributed by atoms with Crippen LogP contribution in [0.25, 0.3) is 0 Å². The van der Waals surface area contributed by atoms with Crippen LogP contribution < -0.4 is 5.32 Å². The predicted octanol–water partition coefficient (Wildman–Crippen LogP) is 1.68. The van der Waals surface area contributed by atoms with Gasteiger partial charge < -0.3 is 15.3 Å². The van der Waals surface area contributed by atoms with Gasteiger partial charge in [0.1, 0.15) is 0 Å². The van der Waals surface area contributed by atoms with Crippen molar-refractivity contribution in [1.82, 2.24) is 10.2 Å². The molecule has 5 heteroatoms. The fourth-order valence-electron chi connectivity index (χ4n) is 2.31. The molecule has 1 fully saturated rings. The number of piperidine rings is 1. The molecule has 0 aliphatic carbocycles. The van der Waals surface area contributed by atoms with Crippen LogP contribution >= 0.6 is 0 Å². The summed E-state index contributed by atoms with van der Waals surface area (Å²) in [6, 6.07) is -0.348. The largest absolute Gasteiger partial charge is 0.481 e. The van der Waals surface area contributed by atoms with E-state index in [1.165, 1.54) is 0 Å². The molecule has 106 valence electrons. The molecule has 1 rings (SSSR count). The Bertz CT molecular complexity index is 354. The number of hydrogen-bond donors (Lipinski definition) is 2. The number of carboxylic acid groups (broad SMARTS) is 1.